The number of rotatable bonds is 4. The number of nitrogens with zero attached hydrogens (tertiary/aromatic N) is 6. The number of amides is 1. The molecule has 0 saturated carbocycles. The minimum Gasteiger partial charge on any atom is -0.383 e. The van der Waals surface area contributed by atoms with Crippen LogP contribution in [0.4, 0.5) is 11.8 Å². The highest BCUT2D eigenvalue weighted by Crippen LogP contribution is 2.34. The molecule has 0 spiro atoms. The number of anilines is 2. The Labute approximate surface area is 168 Å². The number of benzene rings is 1. The van der Waals surface area contributed by atoms with Crippen LogP contribution < -0.4 is 10.6 Å². The average molecular weight is 436 g/mol. The molecular formula is C19H14BrN7O. The first-order chi connectivity index (χ1) is 13.6. The third-order valence-corrected chi connectivity index (χ3v) is 4.64. The van der Waals surface area contributed by atoms with Gasteiger partial charge in [-0.2, -0.15) is 0 Å². The Morgan fingerprint density at radius 1 is 1.07 bits per heavy atom. The lowest BCUT2D eigenvalue weighted by atomic mass is 10.0. The summed E-state index contributed by atoms with van der Waals surface area (Å²) in [7, 11) is 1.58. The van der Waals surface area contributed by atoms with Crippen LogP contribution in [0, 0.1) is 0 Å². The zero-order valence-corrected chi connectivity index (χ0v) is 16.3. The molecular weight excluding hydrogens is 422 g/mol. The Hall–Kier alpha value is -3.46. The number of aromatic nitrogens is 5. The van der Waals surface area contributed by atoms with E-state index in [9.17, 15) is 4.79 Å². The molecule has 8 nitrogen and oxygen atoms in total. The van der Waals surface area contributed by atoms with Crippen molar-refractivity contribution in [2.75, 3.05) is 17.7 Å². The molecule has 3 heterocycles. The largest absolute Gasteiger partial charge is 0.383 e. The minimum absolute atomic E-state index is 0.278. The molecule has 0 atom stereocenters. The van der Waals surface area contributed by atoms with Gasteiger partial charge in [-0.3, -0.25) is 9.69 Å². The van der Waals surface area contributed by atoms with Gasteiger partial charge in [-0.1, -0.05) is 28.1 Å². The van der Waals surface area contributed by atoms with Crippen molar-refractivity contribution in [1.29, 1.82) is 0 Å². The summed E-state index contributed by atoms with van der Waals surface area (Å²) in [6.07, 6.45) is 3.61. The Morgan fingerprint density at radius 2 is 1.93 bits per heavy atom. The molecule has 0 bridgehead atoms. The molecule has 0 saturated heterocycles. The van der Waals surface area contributed by atoms with Gasteiger partial charge < -0.3 is 5.73 Å². The summed E-state index contributed by atoms with van der Waals surface area (Å²) in [5.41, 5.74) is 9.51. The highest BCUT2D eigenvalue weighted by molar-refractivity contribution is 9.10. The van der Waals surface area contributed by atoms with Gasteiger partial charge >= 0.3 is 0 Å². The van der Waals surface area contributed by atoms with E-state index in [1.54, 1.807) is 19.3 Å². The van der Waals surface area contributed by atoms with E-state index < -0.39 is 0 Å². The van der Waals surface area contributed by atoms with Gasteiger partial charge in [0, 0.05) is 17.7 Å². The number of hydrogen-bond acceptors (Lipinski definition) is 7. The topological polar surface area (TPSA) is 111 Å². The van der Waals surface area contributed by atoms with Crippen molar-refractivity contribution in [3.63, 3.8) is 0 Å². The van der Waals surface area contributed by atoms with Crippen LogP contribution in [0.3, 0.4) is 0 Å². The molecule has 0 aliphatic heterocycles. The molecule has 4 rings (SSSR count). The molecule has 2 N–H and O–H groups in total. The van der Waals surface area contributed by atoms with E-state index in [1.165, 1.54) is 11.2 Å². The fourth-order valence-corrected chi connectivity index (χ4v) is 3.21. The lowest BCUT2D eigenvalue weighted by molar-refractivity contribution is -0.107. The molecule has 1 aromatic carbocycles. The number of nitrogen functional groups attached to an aromatic ring is 1. The average Bonchev–Trinajstić information content (AvgIpc) is 2.72. The molecule has 138 valence electrons. The number of carbonyl (C=O) groups is 1. The normalized spacial score (nSPS) is 10.8. The molecule has 0 fully saturated rings. The molecule has 0 radical (unpaired) electrons. The van der Waals surface area contributed by atoms with Gasteiger partial charge in [0.2, 0.25) is 12.4 Å². The Balaban J connectivity index is 1.98. The minimum atomic E-state index is 0.278. The van der Waals surface area contributed by atoms with E-state index in [1.807, 2.05) is 30.3 Å². The van der Waals surface area contributed by atoms with Gasteiger partial charge in [-0.25, -0.2) is 24.9 Å². The number of hydrogen-bond donors (Lipinski definition) is 1. The molecule has 28 heavy (non-hydrogen) atoms. The molecule has 3 aromatic heterocycles. The van der Waals surface area contributed by atoms with E-state index in [-0.39, 0.29) is 5.95 Å². The fourth-order valence-electron chi connectivity index (χ4n) is 2.81. The van der Waals surface area contributed by atoms with Crippen molar-refractivity contribution in [2.24, 2.45) is 0 Å². The van der Waals surface area contributed by atoms with Crippen LogP contribution in [0.1, 0.15) is 0 Å². The number of nitrogens with two attached hydrogens (primary N) is 1. The quantitative estimate of drug-likeness (QED) is 0.490. The highest BCUT2D eigenvalue weighted by Gasteiger charge is 2.15. The fraction of sp³-hybridized carbons (Fsp3) is 0.0526. The maximum atomic E-state index is 11.0. The zero-order chi connectivity index (χ0) is 19.7. The molecule has 0 aliphatic rings. The smallest absolute Gasteiger partial charge is 0.232 e. The number of carbonyl (C=O) groups excluding carboxylic acids is 1. The maximum absolute atomic E-state index is 11.0. The first kappa shape index (κ1) is 17.9. The van der Waals surface area contributed by atoms with Crippen molar-refractivity contribution in [2.45, 2.75) is 0 Å². The Bertz CT molecular complexity index is 1200. The SMILES string of the molecule is CN(C=O)c1nccc(-c2cc(-c3cccc(Br)c3)c3c(N)ncnc3n2)n1. The highest BCUT2D eigenvalue weighted by atomic mass is 79.9. The number of halogens is 1. The van der Waals surface area contributed by atoms with Crippen LogP contribution in [0.15, 0.2) is 53.4 Å². The van der Waals surface area contributed by atoms with Crippen LogP contribution in [0.2, 0.25) is 0 Å². The summed E-state index contributed by atoms with van der Waals surface area (Å²) in [5.74, 6) is 0.628. The standard InChI is InChI=1S/C19H14BrN7O/c1-27(10-28)19-22-6-5-14(26-19)15-8-13(11-3-2-4-12(20)7-11)16-17(21)23-9-24-18(16)25-15/h2-10H,1H3,(H2,21,23,24,25). The zero-order valence-electron chi connectivity index (χ0n) is 14.7. The second-order valence-corrected chi connectivity index (χ2v) is 6.90. The van der Waals surface area contributed by atoms with E-state index in [0.29, 0.717) is 34.6 Å². The molecule has 9 heteroatoms. The summed E-state index contributed by atoms with van der Waals surface area (Å²) in [4.78, 5) is 33.9. The predicted octanol–water partition coefficient (Wildman–Crippen LogP) is 3.09. The van der Waals surface area contributed by atoms with Crippen LogP contribution in [-0.4, -0.2) is 38.4 Å². The second kappa shape index (κ2) is 7.28. The van der Waals surface area contributed by atoms with Gasteiger partial charge in [0.1, 0.15) is 12.1 Å². The lowest BCUT2D eigenvalue weighted by Gasteiger charge is -2.12. The maximum Gasteiger partial charge on any atom is 0.232 e. The van der Waals surface area contributed by atoms with Crippen LogP contribution >= 0.6 is 15.9 Å². The van der Waals surface area contributed by atoms with E-state index >= 15 is 0 Å². The predicted molar refractivity (Wildman–Crippen MR) is 110 cm³/mol. The summed E-state index contributed by atoms with van der Waals surface area (Å²) >= 11 is 3.50. The molecule has 0 unspecified atom stereocenters. The van der Waals surface area contributed by atoms with Gasteiger partial charge in [0.25, 0.3) is 0 Å². The Morgan fingerprint density at radius 3 is 2.71 bits per heavy atom. The van der Waals surface area contributed by atoms with E-state index in [4.69, 9.17) is 5.73 Å². The molecule has 1 amide bonds. The van der Waals surface area contributed by atoms with Crippen molar-refractivity contribution in [3.8, 4) is 22.5 Å². The van der Waals surface area contributed by atoms with Gasteiger partial charge in [-0.15, -0.1) is 0 Å². The summed E-state index contributed by atoms with van der Waals surface area (Å²) in [5, 5.41) is 0.670. The summed E-state index contributed by atoms with van der Waals surface area (Å²) in [6.45, 7) is 0. The summed E-state index contributed by atoms with van der Waals surface area (Å²) in [6, 6.07) is 11.5. The van der Waals surface area contributed by atoms with Crippen molar-refractivity contribution < 1.29 is 4.79 Å². The van der Waals surface area contributed by atoms with Gasteiger partial charge in [-0.05, 0) is 35.4 Å². The van der Waals surface area contributed by atoms with E-state index in [0.717, 1.165) is 15.6 Å². The first-order valence-electron chi connectivity index (χ1n) is 8.25. The van der Waals surface area contributed by atoms with Crippen molar-refractivity contribution in [1.82, 2.24) is 24.9 Å². The number of fused-ring (bicyclic) bond motifs is 1. The van der Waals surface area contributed by atoms with Crippen molar-refractivity contribution >= 4 is 45.1 Å². The third-order valence-electron chi connectivity index (χ3n) is 4.15. The van der Waals surface area contributed by atoms with Crippen LogP contribution in [0.5, 0.6) is 0 Å². The second-order valence-electron chi connectivity index (χ2n) is 5.98. The van der Waals surface area contributed by atoms with Crippen LogP contribution in [-0.2, 0) is 4.79 Å². The van der Waals surface area contributed by atoms with E-state index in [2.05, 4.69) is 40.8 Å². The van der Waals surface area contributed by atoms with Gasteiger partial charge in [0.05, 0.1) is 16.8 Å². The first-order valence-corrected chi connectivity index (χ1v) is 9.05. The third kappa shape index (κ3) is 3.27. The number of pyridine rings is 1. The van der Waals surface area contributed by atoms with Crippen molar-refractivity contribution in [3.05, 3.63) is 53.4 Å². The molecule has 4 aromatic rings. The van der Waals surface area contributed by atoms with Gasteiger partial charge in [0.15, 0.2) is 5.65 Å². The lowest BCUT2D eigenvalue weighted by Crippen LogP contribution is -2.17. The molecule has 0 aliphatic carbocycles. The Kier molecular flexibility index (Phi) is 4.66. The summed E-state index contributed by atoms with van der Waals surface area (Å²) < 4.78 is 0.934. The monoisotopic (exact) mass is 435 g/mol. The van der Waals surface area contributed by atoms with Crippen LogP contribution in [0.25, 0.3) is 33.5 Å².